The average molecular weight is 518 g/mol. The molecule has 0 amide bonds. The summed E-state index contributed by atoms with van der Waals surface area (Å²) in [5, 5.41) is 1.70. The maximum atomic E-state index is 13.8. The molecule has 4 aromatic rings. The van der Waals surface area contributed by atoms with E-state index < -0.39 is 22.5 Å². The molecular weight excluding hydrogens is 486 g/mol. The molecule has 0 N–H and O–H groups in total. The number of carbonyl (C=O) groups is 1. The molecule has 4 rings (SSSR count). The summed E-state index contributed by atoms with van der Waals surface area (Å²) in [5.74, 6) is 0.209. The Morgan fingerprint density at radius 1 is 0.838 bits per heavy atom. The van der Waals surface area contributed by atoms with Gasteiger partial charge in [0.05, 0.1) is 24.3 Å². The third-order valence-corrected chi connectivity index (χ3v) is 8.06. The van der Waals surface area contributed by atoms with E-state index in [4.69, 9.17) is 9.47 Å². The van der Waals surface area contributed by atoms with Crippen molar-refractivity contribution in [2.45, 2.75) is 31.6 Å². The van der Waals surface area contributed by atoms with Gasteiger partial charge in [-0.1, -0.05) is 60.2 Å². The van der Waals surface area contributed by atoms with Crippen molar-refractivity contribution in [1.82, 2.24) is 0 Å². The first kappa shape index (κ1) is 26.2. The van der Waals surface area contributed by atoms with Gasteiger partial charge < -0.3 is 9.47 Å². The third kappa shape index (κ3) is 5.94. The fourth-order valence-corrected chi connectivity index (χ4v) is 5.74. The van der Waals surface area contributed by atoms with Crippen molar-refractivity contribution in [3.63, 3.8) is 0 Å². The minimum Gasteiger partial charge on any atom is -0.497 e. The molecule has 37 heavy (non-hydrogen) atoms. The molecule has 0 aliphatic heterocycles. The number of nitrogens with zero attached hydrogens (tertiary/aromatic N) is 1. The molecule has 0 atom stereocenters. The van der Waals surface area contributed by atoms with Gasteiger partial charge in [0.2, 0.25) is 0 Å². The van der Waals surface area contributed by atoms with Gasteiger partial charge in [0, 0.05) is 5.39 Å². The molecule has 0 fully saturated rings. The van der Waals surface area contributed by atoms with Crippen molar-refractivity contribution in [2.75, 3.05) is 24.6 Å². The zero-order valence-corrected chi connectivity index (χ0v) is 22.1. The van der Waals surface area contributed by atoms with Crippen LogP contribution in [0.4, 0.5) is 5.69 Å². The zero-order valence-electron chi connectivity index (χ0n) is 21.3. The Balaban J connectivity index is 1.74. The van der Waals surface area contributed by atoms with Gasteiger partial charge in [-0.25, -0.2) is 8.42 Å². The van der Waals surface area contributed by atoms with E-state index in [1.165, 1.54) is 5.56 Å². The van der Waals surface area contributed by atoms with E-state index in [-0.39, 0.29) is 11.5 Å². The first-order valence-electron chi connectivity index (χ1n) is 12.2. The van der Waals surface area contributed by atoms with Crippen LogP contribution in [0, 0.1) is 6.92 Å². The molecule has 0 saturated carbocycles. The summed E-state index contributed by atoms with van der Waals surface area (Å²) in [6, 6.07) is 26.0. The molecule has 6 nitrogen and oxygen atoms in total. The Morgan fingerprint density at radius 3 is 2.16 bits per heavy atom. The fraction of sp³-hybridized carbons (Fsp3) is 0.233. The van der Waals surface area contributed by atoms with Crippen molar-refractivity contribution >= 4 is 32.5 Å². The highest BCUT2D eigenvalue weighted by Crippen LogP contribution is 2.34. The Labute approximate surface area is 218 Å². The molecule has 4 aromatic carbocycles. The molecule has 0 heterocycles. The van der Waals surface area contributed by atoms with Gasteiger partial charge >= 0.3 is 5.97 Å². The normalized spacial score (nSPS) is 11.3. The summed E-state index contributed by atoms with van der Waals surface area (Å²) in [4.78, 5) is 12.7. The minimum absolute atomic E-state index is 0.120. The number of anilines is 1. The monoisotopic (exact) mass is 517 g/mol. The van der Waals surface area contributed by atoms with Crippen LogP contribution < -0.4 is 9.04 Å². The number of hydrogen-bond donors (Lipinski definition) is 0. The number of benzene rings is 4. The number of methoxy groups -OCH3 is 1. The van der Waals surface area contributed by atoms with Gasteiger partial charge in [-0.3, -0.25) is 9.10 Å². The second kappa shape index (κ2) is 11.5. The summed E-state index contributed by atoms with van der Waals surface area (Å²) in [7, 11) is -2.38. The maximum absolute atomic E-state index is 13.8. The fourth-order valence-electron chi connectivity index (χ4n) is 4.31. The highest BCUT2D eigenvalue weighted by molar-refractivity contribution is 7.92. The Morgan fingerprint density at radius 2 is 1.51 bits per heavy atom. The maximum Gasteiger partial charge on any atom is 0.326 e. The van der Waals surface area contributed by atoms with Crippen LogP contribution in [0.5, 0.6) is 5.75 Å². The largest absolute Gasteiger partial charge is 0.497 e. The molecule has 0 aliphatic rings. The molecule has 0 radical (unpaired) electrons. The van der Waals surface area contributed by atoms with Crippen molar-refractivity contribution in [1.29, 1.82) is 0 Å². The van der Waals surface area contributed by atoms with Crippen LogP contribution in [0.3, 0.4) is 0 Å². The van der Waals surface area contributed by atoms with Crippen LogP contribution in [-0.4, -0.2) is 34.6 Å². The van der Waals surface area contributed by atoms with E-state index in [1.807, 2.05) is 61.5 Å². The van der Waals surface area contributed by atoms with E-state index in [9.17, 15) is 13.2 Å². The number of hydrogen-bond acceptors (Lipinski definition) is 5. The molecule has 0 aliphatic carbocycles. The predicted octanol–water partition coefficient (Wildman–Crippen LogP) is 5.70. The number of rotatable bonds is 10. The molecule has 192 valence electrons. The highest BCUT2D eigenvalue weighted by Gasteiger charge is 2.29. The van der Waals surface area contributed by atoms with Crippen LogP contribution in [0.1, 0.15) is 23.6 Å². The van der Waals surface area contributed by atoms with E-state index in [2.05, 4.69) is 0 Å². The molecule has 0 aromatic heterocycles. The number of fused-ring (bicyclic) bond motifs is 1. The summed E-state index contributed by atoms with van der Waals surface area (Å²) < 4.78 is 39.1. The van der Waals surface area contributed by atoms with Gasteiger partial charge in [-0.05, 0) is 73.5 Å². The third-order valence-electron chi connectivity index (χ3n) is 6.29. The van der Waals surface area contributed by atoms with Crippen molar-refractivity contribution in [2.24, 2.45) is 0 Å². The summed E-state index contributed by atoms with van der Waals surface area (Å²) in [5.41, 5.74) is 3.67. The molecule has 0 spiro atoms. The average Bonchev–Trinajstić information content (AvgIpc) is 2.91. The topological polar surface area (TPSA) is 72.9 Å². The quantitative estimate of drug-likeness (QED) is 0.252. The van der Waals surface area contributed by atoms with Gasteiger partial charge in [0.1, 0.15) is 12.3 Å². The van der Waals surface area contributed by atoms with E-state index in [0.717, 1.165) is 44.8 Å². The standard InChI is InChI=1S/C30H31NO5S/c1-4-36-30(32)21-31(37(33,34)26-18-9-22(2)10-19-26)29-20-15-24(27-7-5-6-8-28(27)29)14-11-23-12-16-25(35-3)17-13-23/h5-10,12-13,15-20H,4,11,14,21H2,1-3H3. The van der Waals surface area contributed by atoms with E-state index in [1.54, 1.807) is 44.4 Å². The second-order valence-corrected chi connectivity index (χ2v) is 10.6. The van der Waals surface area contributed by atoms with Crippen LogP contribution in [0.25, 0.3) is 10.8 Å². The van der Waals surface area contributed by atoms with Crippen molar-refractivity contribution in [3.8, 4) is 5.75 Å². The van der Waals surface area contributed by atoms with Gasteiger partial charge in [0.25, 0.3) is 10.0 Å². The second-order valence-electron chi connectivity index (χ2n) is 8.77. The smallest absolute Gasteiger partial charge is 0.326 e. The molecule has 0 saturated heterocycles. The molecule has 7 heteroatoms. The van der Waals surface area contributed by atoms with Crippen molar-refractivity contribution in [3.05, 3.63) is 102 Å². The lowest BCUT2D eigenvalue weighted by Gasteiger charge is -2.26. The van der Waals surface area contributed by atoms with Crippen LogP contribution in [0.15, 0.2) is 89.8 Å². The Kier molecular flexibility index (Phi) is 8.14. The lowest BCUT2D eigenvalue weighted by Crippen LogP contribution is -2.36. The molecule has 0 bridgehead atoms. The van der Waals surface area contributed by atoms with Crippen LogP contribution in [-0.2, 0) is 32.4 Å². The summed E-state index contributed by atoms with van der Waals surface area (Å²) in [6.45, 7) is 3.34. The first-order valence-corrected chi connectivity index (χ1v) is 13.7. The van der Waals surface area contributed by atoms with Gasteiger partial charge in [-0.2, -0.15) is 0 Å². The van der Waals surface area contributed by atoms with E-state index >= 15 is 0 Å². The number of sulfonamides is 1. The van der Waals surface area contributed by atoms with Gasteiger partial charge in [-0.15, -0.1) is 0 Å². The molecule has 0 unspecified atom stereocenters. The number of carbonyl (C=O) groups excluding carboxylic acids is 1. The van der Waals surface area contributed by atoms with Crippen LogP contribution >= 0.6 is 0 Å². The van der Waals surface area contributed by atoms with Crippen molar-refractivity contribution < 1.29 is 22.7 Å². The SMILES string of the molecule is CCOC(=O)CN(c1ccc(CCc2ccc(OC)cc2)c2ccccc12)S(=O)(=O)c1ccc(C)cc1. The zero-order chi connectivity index (χ0) is 26.4. The number of esters is 1. The summed E-state index contributed by atoms with van der Waals surface area (Å²) in [6.07, 6.45) is 1.59. The number of ether oxygens (including phenoxy) is 2. The first-order chi connectivity index (χ1) is 17.8. The summed E-state index contributed by atoms with van der Waals surface area (Å²) >= 11 is 0. The van der Waals surface area contributed by atoms with Crippen LogP contribution in [0.2, 0.25) is 0 Å². The lowest BCUT2D eigenvalue weighted by molar-refractivity contribution is -0.141. The van der Waals surface area contributed by atoms with Gasteiger partial charge in [0.15, 0.2) is 0 Å². The van der Waals surface area contributed by atoms with E-state index in [0.29, 0.717) is 5.69 Å². The number of aryl methyl sites for hydroxylation is 3. The minimum atomic E-state index is -4.03. The Bertz CT molecular complexity index is 1480. The Hall–Kier alpha value is -3.84. The molecular formula is C30H31NO5S. The lowest BCUT2D eigenvalue weighted by atomic mass is 9.97. The highest BCUT2D eigenvalue weighted by atomic mass is 32.2. The predicted molar refractivity (Wildman–Crippen MR) is 147 cm³/mol.